The molecule has 0 saturated carbocycles. The largest absolute Gasteiger partial charge is 0.324 e. The Kier molecular flexibility index (Phi) is 7.33. The molecule has 0 aliphatic carbocycles. The topological polar surface area (TPSA) is 26.0 Å². The summed E-state index contributed by atoms with van der Waals surface area (Å²) in [5, 5.41) is 0. The van der Waals surface area contributed by atoms with Gasteiger partial charge in [-0.05, 0) is 25.9 Å². The molecule has 0 fully saturated rings. The normalized spacial score (nSPS) is 14.3. The van der Waals surface area contributed by atoms with Gasteiger partial charge in [-0.15, -0.1) is 9.24 Å². The minimum Gasteiger partial charge on any atom is -0.324 e. The Morgan fingerprint density at radius 1 is 1.50 bits per heavy atom. The molecule has 0 radical (unpaired) electrons. The Bertz CT molecular complexity index is 91.3. The van der Waals surface area contributed by atoms with Gasteiger partial charge in [0.1, 0.15) is 0 Å². The number of hydrogen-bond donors (Lipinski definition) is 1. The molecule has 0 amide bonds. The summed E-state index contributed by atoms with van der Waals surface area (Å²) >= 11 is 0. The maximum atomic E-state index is 5.73. The van der Waals surface area contributed by atoms with E-state index in [4.69, 9.17) is 5.73 Å². The second-order valence-electron chi connectivity index (χ2n) is 2.47. The van der Waals surface area contributed by atoms with Crippen molar-refractivity contribution in [2.24, 2.45) is 5.73 Å². The zero-order valence-corrected chi connectivity index (χ0v) is 7.87. The zero-order chi connectivity index (χ0) is 7.82. The van der Waals surface area contributed by atoms with E-state index in [2.05, 4.69) is 15.3 Å². The van der Waals surface area contributed by atoms with Crippen molar-refractivity contribution in [2.75, 3.05) is 6.16 Å². The number of allylic oxidation sites excluding steroid dienone is 1. The zero-order valence-electron chi connectivity index (χ0n) is 6.72. The average molecular weight is 159 g/mol. The standard InChI is InChI=1S/C8H18NP/c1-2-5-8(9)6-3-4-7-10/h2,5,8H,3-4,6-7,9-10H2,1H3/b5-2-. The van der Waals surface area contributed by atoms with Crippen LogP contribution in [0.25, 0.3) is 0 Å². The van der Waals surface area contributed by atoms with E-state index < -0.39 is 0 Å². The Balaban J connectivity index is 3.13. The number of nitrogens with two attached hydrogens (primary N) is 1. The first-order valence-electron chi connectivity index (χ1n) is 3.89. The summed E-state index contributed by atoms with van der Waals surface area (Å²) in [6, 6.07) is 0.279. The van der Waals surface area contributed by atoms with Gasteiger partial charge >= 0.3 is 0 Å². The van der Waals surface area contributed by atoms with Crippen LogP contribution in [0.1, 0.15) is 26.2 Å². The molecular weight excluding hydrogens is 141 g/mol. The van der Waals surface area contributed by atoms with Crippen molar-refractivity contribution in [1.82, 2.24) is 0 Å². The van der Waals surface area contributed by atoms with Crippen LogP contribution >= 0.6 is 9.24 Å². The third kappa shape index (κ3) is 6.25. The summed E-state index contributed by atoms with van der Waals surface area (Å²) in [6.07, 6.45) is 8.92. The predicted molar refractivity (Wildman–Crippen MR) is 51.2 cm³/mol. The van der Waals surface area contributed by atoms with Crippen LogP contribution in [-0.4, -0.2) is 12.2 Å². The highest BCUT2D eigenvalue weighted by atomic mass is 31.0. The molecule has 0 aliphatic rings. The van der Waals surface area contributed by atoms with Gasteiger partial charge in [0.05, 0.1) is 0 Å². The molecule has 0 heterocycles. The third-order valence-electron chi connectivity index (χ3n) is 1.43. The first-order valence-corrected chi connectivity index (χ1v) is 4.71. The highest BCUT2D eigenvalue weighted by Crippen LogP contribution is 2.01. The third-order valence-corrected chi connectivity index (χ3v) is 1.84. The highest BCUT2D eigenvalue weighted by molar-refractivity contribution is 7.16. The van der Waals surface area contributed by atoms with Crippen LogP contribution in [-0.2, 0) is 0 Å². The van der Waals surface area contributed by atoms with Gasteiger partial charge in [-0.3, -0.25) is 0 Å². The van der Waals surface area contributed by atoms with Crippen LogP contribution in [0.3, 0.4) is 0 Å². The van der Waals surface area contributed by atoms with E-state index in [9.17, 15) is 0 Å². The summed E-state index contributed by atoms with van der Waals surface area (Å²) in [5.41, 5.74) is 5.73. The van der Waals surface area contributed by atoms with Gasteiger partial charge in [-0.2, -0.15) is 0 Å². The molecule has 2 N–H and O–H groups in total. The Morgan fingerprint density at radius 2 is 2.20 bits per heavy atom. The molecule has 0 saturated heterocycles. The average Bonchev–Trinajstić information content (AvgIpc) is 1.89. The molecule has 10 heavy (non-hydrogen) atoms. The molecule has 0 aromatic heterocycles. The lowest BCUT2D eigenvalue weighted by Crippen LogP contribution is -2.16. The van der Waals surface area contributed by atoms with Crippen molar-refractivity contribution in [3.8, 4) is 0 Å². The summed E-state index contributed by atoms with van der Waals surface area (Å²) in [4.78, 5) is 0. The molecule has 2 heteroatoms. The van der Waals surface area contributed by atoms with E-state index >= 15 is 0 Å². The van der Waals surface area contributed by atoms with Gasteiger partial charge in [-0.1, -0.05) is 18.6 Å². The highest BCUT2D eigenvalue weighted by Gasteiger charge is 1.94. The number of hydrogen-bond acceptors (Lipinski definition) is 1. The van der Waals surface area contributed by atoms with Gasteiger partial charge < -0.3 is 5.73 Å². The Morgan fingerprint density at radius 3 is 2.70 bits per heavy atom. The van der Waals surface area contributed by atoms with Crippen molar-refractivity contribution in [2.45, 2.75) is 32.2 Å². The van der Waals surface area contributed by atoms with Crippen LogP contribution < -0.4 is 5.73 Å². The SMILES string of the molecule is C/C=C\C(N)CCCCP. The van der Waals surface area contributed by atoms with Crippen LogP contribution in [0.5, 0.6) is 0 Å². The molecule has 1 nitrogen and oxygen atoms in total. The Hall–Kier alpha value is 0.130. The van der Waals surface area contributed by atoms with Crippen LogP contribution in [0, 0.1) is 0 Å². The molecule has 2 unspecified atom stereocenters. The molecule has 0 aliphatic heterocycles. The van der Waals surface area contributed by atoms with E-state index in [0.717, 1.165) is 6.42 Å². The van der Waals surface area contributed by atoms with Crippen molar-refractivity contribution >= 4 is 9.24 Å². The lowest BCUT2D eigenvalue weighted by atomic mass is 10.1. The van der Waals surface area contributed by atoms with Crippen molar-refractivity contribution in [1.29, 1.82) is 0 Å². The molecular formula is C8H18NP. The summed E-state index contributed by atoms with van der Waals surface area (Å²) in [5.74, 6) is 0. The molecule has 0 aromatic carbocycles. The maximum absolute atomic E-state index is 5.73. The second-order valence-corrected chi connectivity index (χ2v) is 3.05. The van der Waals surface area contributed by atoms with E-state index in [1.54, 1.807) is 0 Å². The van der Waals surface area contributed by atoms with Crippen LogP contribution in [0.2, 0.25) is 0 Å². The quantitative estimate of drug-likeness (QED) is 0.370. The smallest absolute Gasteiger partial charge is 0.0223 e. The minimum atomic E-state index is 0.279. The van der Waals surface area contributed by atoms with Crippen molar-refractivity contribution in [3.63, 3.8) is 0 Å². The first kappa shape index (κ1) is 10.1. The van der Waals surface area contributed by atoms with E-state index in [0.29, 0.717) is 0 Å². The summed E-state index contributed by atoms with van der Waals surface area (Å²) in [7, 11) is 2.73. The molecule has 0 spiro atoms. The predicted octanol–water partition coefficient (Wildman–Crippen LogP) is 1.94. The molecule has 0 rings (SSSR count). The lowest BCUT2D eigenvalue weighted by Gasteiger charge is -2.03. The first-order chi connectivity index (χ1) is 4.81. The van der Waals surface area contributed by atoms with Gasteiger partial charge in [-0.25, -0.2) is 0 Å². The van der Waals surface area contributed by atoms with Gasteiger partial charge in [0.15, 0.2) is 0 Å². The second kappa shape index (κ2) is 7.24. The van der Waals surface area contributed by atoms with Gasteiger partial charge in [0, 0.05) is 6.04 Å². The van der Waals surface area contributed by atoms with Crippen molar-refractivity contribution in [3.05, 3.63) is 12.2 Å². The van der Waals surface area contributed by atoms with E-state index in [1.807, 2.05) is 13.0 Å². The Labute approximate surface area is 66.3 Å². The maximum Gasteiger partial charge on any atom is 0.0223 e. The number of rotatable bonds is 5. The van der Waals surface area contributed by atoms with E-state index in [-0.39, 0.29) is 6.04 Å². The fourth-order valence-corrected chi connectivity index (χ4v) is 1.16. The number of unbranched alkanes of at least 4 members (excludes halogenated alkanes) is 1. The van der Waals surface area contributed by atoms with Crippen LogP contribution in [0.15, 0.2) is 12.2 Å². The lowest BCUT2D eigenvalue weighted by molar-refractivity contribution is 0.658. The fourth-order valence-electron chi connectivity index (χ4n) is 0.868. The summed E-state index contributed by atoms with van der Waals surface area (Å²) < 4.78 is 0. The van der Waals surface area contributed by atoms with Crippen molar-refractivity contribution < 1.29 is 0 Å². The van der Waals surface area contributed by atoms with Gasteiger partial charge in [0.2, 0.25) is 0 Å². The molecule has 0 aromatic rings. The van der Waals surface area contributed by atoms with Gasteiger partial charge in [0.25, 0.3) is 0 Å². The van der Waals surface area contributed by atoms with Crippen LogP contribution in [0.4, 0.5) is 0 Å². The van der Waals surface area contributed by atoms with E-state index in [1.165, 1.54) is 19.0 Å². The molecule has 60 valence electrons. The summed E-state index contributed by atoms with van der Waals surface area (Å²) in [6.45, 7) is 2.01. The molecule has 0 bridgehead atoms. The molecule has 2 atom stereocenters. The fraction of sp³-hybridized carbons (Fsp3) is 0.750. The minimum absolute atomic E-state index is 0.279. The monoisotopic (exact) mass is 159 g/mol.